The molecular formula is C23H26F2N2O4. The number of hydrogen-bond donors (Lipinski definition) is 1. The van der Waals surface area contributed by atoms with Gasteiger partial charge in [0, 0.05) is 25.7 Å². The van der Waals surface area contributed by atoms with Gasteiger partial charge in [-0.1, -0.05) is 36.4 Å². The molecule has 8 heteroatoms. The number of carbonyl (C=O) groups excluding carboxylic acids is 1. The van der Waals surface area contributed by atoms with Gasteiger partial charge in [-0.3, -0.25) is 9.69 Å². The van der Waals surface area contributed by atoms with Crippen LogP contribution in [0, 0.1) is 0 Å². The average Bonchev–Trinajstić information content (AvgIpc) is 2.79. The maximum Gasteiger partial charge on any atom is 0.387 e. The number of benzene rings is 2. The van der Waals surface area contributed by atoms with Gasteiger partial charge >= 0.3 is 6.61 Å². The number of amides is 1. The summed E-state index contributed by atoms with van der Waals surface area (Å²) in [5, 5.41) is 3.05. The van der Waals surface area contributed by atoms with E-state index < -0.39 is 6.61 Å². The first-order valence-corrected chi connectivity index (χ1v) is 10.0. The van der Waals surface area contributed by atoms with Crippen molar-refractivity contribution in [3.63, 3.8) is 0 Å². The summed E-state index contributed by atoms with van der Waals surface area (Å²) in [5.41, 5.74) is 1.64. The summed E-state index contributed by atoms with van der Waals surface area (Å²) in [6.45, 7) is 0.747. The van der Waals surface area contributed by atoms with Crippen molar-refractivity contribution in [2.24, 2.45) is 0 Å². The van der Waals surface area contributed by atoms with Crippen LogP contribution in [0.25, 0.3) is 6.08 Å². The molecular weight excluding hydrogens is 406 g/mol. The first-order chi connectivity index (χ1) is 15.0. The van der Waals surface area contributed by atoms with Gasteiger partial charge in [-0.2, -0.15) is 8.78 Å². The van der Waals surface area contributed by atoms with Gasteiger partial charge in [0.1, 0.15) is 0 Å². The quantitative estimate of drug-likeness (QED) is 0.615. The predicted molar refractivity (Wildman–Crippen MR) is 113 cm³/mol. The molecule has 1 fully saturated rings. The van der Waals surface area contributed by atoms with Gasteiger partial charge in [-0.05, 0) is 29.3 Å². The highest BCUT2D eigenvalue weighted by Crippen LogP contribution is 2.29. The molecule has 2 aromatic rings. The highest BCUT2D eigenvalue weighted by Gasteiger charge is 2.19. The van der Waals surface area contributed by atoms with E-state index in [-0.39, 0.29) is 23.4 Å². The minimum atomic E-state index is -2.94. The van der Waals surface area contributed by atoms with Gasteiger partial charge in [0.2, 0.25) is 5.91 Å². The zero-order valence-corrected chi connectivity index (χ0v) is 17.3. The number of rotatable bonds is 9. The summed E-state index contributed by atoms with van der Waals surface area (Å²) in [4.78, 5) is 14.9. The highest BCUT2D eigenvalue weighted by molar-refractivity contribution is 5.92. The number of alkyl halides is 2. The van der Waals surface area contributed by atoms with E-state index >= 15 is 0 Å². The third kappa shape index (κ3) is 7.04. The van der Waals surface area contributed by atoms with Crippen molar-refractivity contribution >= 4 is 12.0 Å². The van der Waals surface area contributed by atoms with Crippen LogP contribution in [0.2, 0.25) is 0 Å². The van der Waals surface area contributed by atoms with Crippen molar-refractivity contribution in [1.82, 2.24) is 10.2 Å². The van der Waals surface area contributed by atoms with Crippen LogP contribution < -0.4 is 14.8 Å². The molecule has 0 radical (unpaired) electrons. The van der Waals surface area contributed by atoms with Crippen LogP contribution in [0.15, 0.2) is 54.6 Å². The maximum absolute atomic E-state index is 12.6. The first kappa shape index (κ1) is 22.7. The molecule has 1 atom stereocenters. The monoisotopic (exact) mass is 432 g/mol. The fourth-order valence-corrected chi connectivity index (χ4v) is 3.33. The van der Waals surface area contributed by atoms with Gasteiger partial charge in [0.15, 0.2) is 11.5 Å². The Morgan fingerprint density at radius 2 is 1.90 bits per heavy atom. The fraction of sp³-hybridized carbons (Fsp3) is 0.348. The van der Waals surface area contributed by atoms with Crippen LogP contribution in [0.5, 0.6) is 11.5 Å². The van der Waals surface area contributed by atoms with E-state index in [2.05, 4.69) is 15.0 Å². The van der Waals surface area contributed by atoms with E-state index in [1.165, 1.54) is 25.3 Å². The van der Waals surface area contributed by atoms with Crippen molar-refractivity contribution in [2.45, 2.75) is 12.7 Å². The minimum absolute atomic E-state index is 0.0613. The SMILES string of the molecule is COc1cc(/C=C/C(=O)N[C@H](CN2CCOCC2)c2ccccc2)ccc1OC(F)F. The largest absolute Gasteiger partial charge is 0.493 e. The second-order valence-electron chi connectivity index (χ2n) is 7.01. The average molecular weight is 432 g/mol. The zero-order chi connectivity index (χ0) is 22.1. The van der Waals surface area contributed by atoms with E-state index in [1.54, 1.807) is 12.1 Å². The van der Waals surface area contributed by atoms with Crippen LogP contribution in [0.1, 0.15) is 17.2 Å². The second kappa shape index (κ2) is 11.4. The molecule has 1 heterocycles. The number of hydrogen-bond acceptors (Lipinski definition) is 5. The van der Waals surface area contributed by atoms with Crippen LogP contribution in [0.4, 0.5) is 8.78 Å². The molecule has 0 aromatic heterocycles. The zero-order valence-electron chi connectivity index (χ0n) is 17.3. The van der Waals surface area contributed by atoms with Crippen molar-refractivity contribution in [1.29, 1.82) is 0 Å². The van der Waals surface area contributed by atoms with Crippen LogP contribution in [0.3, 0.4) is 0 Å². The molecule has 0 bridgehead atoms. The summed E-state index contributed by atoms with van der Waals surface area (Å²) in [6, 6.07) is 14.1. The molecule has 1 aliphatic heterocycles. The standard InChI is InChI=1S/C23H26F2N2O4/c1-29-21-15-17(7-9-20(21)31-23(24)25)8-10-22(28)26-19(18-5-3-2-4-6-18)16-27-11-13-30-14-12-27/h2-10,15,19,23H,11-14,16H2,1H3,(H,26,28)/b10-8+/t19-/m1/s1. The molecule has 0 spiro atoms. The number of nitrogens with one attached hydrogen (secondary N) is 1. The van der Waals surface area contributed by atoms with Crippen LogP contribution in [-0.2, 0) is 9.53 Å². The maximum atomic E-state index is 12.6. The summed E-state index contributed by atoms with van der Waals surface area (Å²) in [5.74, 6) is -0.153. The number of methoxy groups -OCH3 is 1. The summed E-state index contributed by atoms with van der Waals surface area (Å²) >= 11 is 0. The third-order valence-corrected chi connectivity index (χ3v) is 4.89. The van der Waals surface area contributed by atoms with E-state index in [4.69, 9.17) is 9.47 Å². The molecule has 3 rings (SSSR count). The van der Waals surface area contributed by atoms with Gasteiger partial charge < -0.3 is 19.5 Å². The Morgan fingerprint density at radius 3 is 2.58 bits per heavy atom. The van der Waals surface area contributed by atoms with Gasteiger partial charge in [0.05, 0.1) is 26.4 Å². The molecule has 1 amide bonds. The smallest absolute Gasteiger partial charge is 0.387 e. The van der Waals surface area contributed by atoms with Crippen molar-refractivity contribution in [3.05, 3.63) is 65.7 Å². The third-order valence-electron chi connectivity index (χ3n) is 4.89. The molecule has 1 saturated heterocycles. The Morgan fingerprint density at radius 1 is 1.16 bits per heavy atom. The lowest BCUT2D eigenvalue weighted by Crippen LogP contribution is -2.42. The summed E-state index contributed by atoms with van der Waals surface area (Å²) in [6.07, 6.45) is 3.01. The van der Waals surface area contributed by atoms with Gasteiger partial charge in [-0.15, -0.1) is 0 Å². The first-order valence-electron chi connectivity index (χ1n) is 10.0. The number of halogens is 2. The fourth-order valence-electron chi connectivity index (χ4n) is 3.33. The molecule has 6 nitrogen and oxygen atoms in total. The molecule has 0 aliphatic carbocycles. The van der Waals surface area contributed by atoms with Crippen LogP contribution >= 0.6 is 0 Å². The van der Waals surface area contributed by atoms with E-state index in [9.17, 15) is 13.6 Å². The molecule has 2 aromatic carbocycles. The minimum Gasteiger partial charge on any atom is -0.493 e. The lowest BCUT2D eigenvalue weighted by Gasteiger charge is -2.31. The van der Waals surface area contributed by atoms with E-state index in [0.717, 1.165) is 18.7 Å². The summed E-state index contributed by atoms with van der Waals surface area (Å²) in [7, 11) is 1.37. The number of ether oxygens (including phenoxy) is 3. The van der Waals surface area contributed by atoms with E-state index in [1.807, 2.05) is 30.3 Å². The molecule has 1 N–H and O–H groups in total. The topological polar surface area (TPSA) is 60.0 Å². The number of carbonyl (C=O) groups is 1. The van der Waals surface area contributed by atoms with Crippen molar-refractivity contribution < 1.29 is 27.8 Å². The second-order valence-corrected chi connectivity index (χ2v) is 7.01. The molecule has 166 valence electrons. The Balaban J connectivity index is 1.67. The Kier molecular flexibility index (Phi) is 8.37. The van der Waals surface area contributed by atoms with Crippen molar-refractivity contribution in [3.8, 4) is 11.5 Å². The van der Waals surface area contributed by atoms with Gasteiger partial charge in [0.25, 0.3) is 0 Å². The lowest BCUT2D eigenvalue weighted by molar-refractivity contribution is -0.117. The van der Waals surface area contributed by atoms with Crippen LogP contribution in [-0.4, -0.2) is 57.4 Å². The highest BCUT2D eigenvalue weighted by atomic mass is 19.3. The Labute approximate surface area is 180 Å². The molecule has 1 aliphatic rings. The Hall–Kier alpha value is -2.97. The number of nitrogens with zero attached hydrogens (tertiary/aromatic N) is 1. The predicted octanol–water partition coefficient (Wildman–Crippen LogP) is 3.50. The van der Waals surface area contributed by atoms with Gasteiger partial charge in [-0.25, -0.2) is 0 Å². The normalized spacial score (nSPS) is 15.7. The lowest BCUT2D eigenvalue weighted by atomic mass is 10.1. The molecule has 31 heavy (non-hydrogen) atoms. The summed E-state index contributed by atoms with van der Waals surface area (Å²) < 4.78 is 39.8. The number of morpholine rings is 1. The molecule has 0 unspecified atom stereocenters. The molecule has 0 saturated carbocycles. The van der Waals surface area contributed by atoms with E-state index in [0.29, 0.717) is 25.3 Å². The Bertz CT molecular complexity index is 871. The van der Waals surface area contributed by atoms with Crippen molar-refractivity contribution in [2.75, 3.05) is 40.0 Å².